The van der Waals surface area contributed by atoms with Crippen LogP contribution in [0.5, 0.6) is 0 Å². The van der Waals surface area contributed by atoms with E-state index in [1.807, 2.05) is 72.8 Å². The van der Waals surface area contributed by atoms with Crippen molar-refractivity contribution in [3.05, 3.63) is 144 Å². The van der Waals surface area contributed by atoms with E-state index >= 15 is 0 Å². The van der Waals surface area contributed by atoms with Crippen molar-refractivity contribution in [3.8, 4) is 0 Å². The molecule has 0 spiro atoms. The number of benzene rings is 4. The third kappa shape index (κ3) is 15.3. The minimum atomic E-state index is -0.515. The molecular formula is C39H51N3O4. The van der Waals surface area contributed by atoms with Crippen molar-refractivity contribution in [2.24, 2.45) is 0 Å². The molecule has 0 fully saturated rings. The van der Waals surface area contributed by atoms with Crippen LogP contribution in [0.15, 0.2) is 121 Å². The Morgan fingerprint density at radius 3 is 1.28 bits per heavy atom. The summed E-state index contributed by atoms with van der Waals surface area (Å²) < 4.78 is 25.0. The van der Waals surface area contributed by atoms with Crippen molar-refractivity contribution in [2.75, 3.05) is 45.9 Å². The van der Waals surface area contributed by atoms with Gasteiger partial charge in [-0.15, -0.1) is 0 Å². The van der Waals surface area contributed by atoms with Crippen LogP contribution in [-0.4, -0.2) is 58.3 Å². The third-order valence-electron chi connectivity index (χ3n) is 7.44. The summed E-state index contributed by atoms with van der Waals surface area (Å²) in [4.78, 5) is 0. The second-order valence-corrected chi connectivity index (χ2v) is 11.2. The standard InChI is InChI=1S/C39H51N3O4/c1-5-14-34(15-6-1)30-43-29-13-23-40-25-27-42-28-26-41-24-22-38(44-31-35-16-7-2-8-17-35)39(45-32-36-18-9-3-10-19-36)46-33-37-20-11-4-12-21-37/h1-12,14-21,38-42H,13,22-33H2. The highest BCUT2D eigenvalue weighted by molar-refractivity contribution is 5.15. The number of hydrogen-bond acceptors (Lipinski definition) is 7. The number of ether oxygens (including phenoxy) is 4. The molecule has 0 heterocycles. The van der Waals surface area contributed by atoms with Crippen LogP contribution in [0.25, 0.3) is 0 Å². The van der Waals surface area contributed by atoms with Crippen LogP contribution in [0.3, 0.4) is 0 Å². The number of rotatable bonds is 25. The summed E-state index contributed by atoms with van der Waals surface area (Å²) in [7, 11) is 0. The van der Waals surface area contributed by atoms with Crippen molar-refractivity contribution in [2.45, 2.75) is 51.7 Å². The number of nitrogens with one attached hydrogen (secondary N) is 3. The van der Waals surface area contributed by atoms with Gasteiger partial charge in [0.2, 0.25) is 0 Å². The molecule has 4 aromatic carbocycles. The minimum Gasteiger partial charge on any atom is -0.377 e. The van der Waals surface area contributed by atoms with Crippen molar-refractivity contribution in [1.82, 2.24) is 16.0 Å². The molecule has 1 unspecified atom stereocenters. The molecule has 0 saturated heterocycles. The Labute approximate surface area is 275 Å². The molecule has 1 atom stereocenters. The summed E-state index contributed by atoms with van der Waals surface area (Å²) >= 11 is 0. The zero-order valence-electron chi connectivity index (χ0n) is 27.0. The van der Waals surface area contributed by atoms with Gasteiger partial charge in [-0.1, -0.05) is 121 Å². The fourth-order valence-electron chi connectivity index (χ4n) is 4.88. The van der Waals surface area contributed by atoms with Crippen LogP contribution in [0.4, 0.5) is 0 Å². The average molecular weight is 626 g/mol. The molecule has 0 aliphatic heterocycles. The molecule has 0 aliphatic rings. The van der Waals surface area contributed by atoms with Gasteiger partial charge in [-0.05, 0) is 48.2 Å². The lowest BCUT2D eigenvalue weighted by Gasteiger charge is -2.28. The summed E-state index contributed by atoms with van der Waals surface area (Å²) in [5, 5.41) is 10.6. The van der Waals surface area contributed by atoms with Crippen molar-refractivity contribution < 1.29 is 18.9 Å². The number of hydrogen-bond donors (Lipinski definition) is 3. The maximum atomic E-state index is 6.47. The molecule has 4 aromatic rings. The first-order chi connectivity index (χ1) is 22.9. The van der Waals surface area contributed by atoms with Gasteiger partial charge in [-0.2, -0.15) is 0 Å². The topological polar surface area (TPSA) is 73.0 Å². The van der Waals surface area contributed by atoms with Crippen LogP contribution >= 0.6 is 0 Å². The molecule has 7 nitrogen and oxygen atoms in total. The van der Waals surface area contributed by atoms with E-state index < -0.39 is 6.29 Å². The second kappa shape index (κ2) is 23.0. The summed E-state index contributed by atoms with van der Waals surface area (Å²) in [6, 6.07) is 41.0. The van der Waals surface area contributed by atoms with Crippen molar-refractivity contribution in [1.29, 1.82) is 0 Å². The smallest absolute Gasteiger partial charge is 0.184 e. The normalized spacial score (nSPS) is 12.0. The first-order valence-corrected chi connectivity index (χ1v) is 16.6. The van der Waals surface area contributed by atoms with Gasteiger partial charge in [0.25, 0.3) is 0 Å². The van der Waals surface area contributed by atoms with Gasteiger partial charge < -0.3 is 34.9 Å². The van der Waals surface area contributed by atoms with E-state index in [9.17, 15) is 0 Å². The second-order valence-electron chi connectivity index (χ2n) is 11.2. The van der Waals surface area contributed by atoms with E-state index in [-0.39, 0.29) is 6.10 Å². The molecule has 4 rings (SSSR count). The van der Waals surface area contributed by atoms with Crippen LogP contribution in [0, 0.1) is 0 Å². The molecular weight excluding hydrogens is 574 g/mol. The highest BCUT2D eigenvalue weighted by Gasteiger charge is 2.24. The SMILES string of the molecule is c1ccc(COCCCNCCNCCNCCC(OCc2ccccc2)C(OCc2ccccc2)OCc2ccccc2)cc1. The Balaban J connectivity index is 1.15. The lowest BCUT2D eigenvalue weighted by molar-refractivity contribution is -0.221. The van der Waals surface area contributed by atoms with E-state index in [0.29, 0.717) is 26.4 Å². The Bertz CT molecular complexity index is 1220. The Morgan fingerprint density at radius 1 is 0.413 bits per heavy atom. The van der Waals surface area contributed by atoms with E-state index in [0.717, 1.165) is 75.4 Å². The molecule has 46 heavy (non-hydrogen) atoms. The van der Waals surface area contributed by atoms with Gasteiger partial charge >= 0.3 is 0 Å². The Kier molecular flexibility index (Phi) is 17.7. The van der Waals surface area contributed by atoms with Crippen LogP contribution in [0.2, 0.25) is 0 Å². The predicted octanol–water partition coefficient (Wildman–Crippen LogP) is 6.10. The monoisotopic (exact) mass is 625 g/mol. The van der Waals surface area contributed by atoms with Gasteiger partial charge in [-0.25, -0.2) is 0 Å². The molecule has 0 saturated carbocycles. The highest BCUT2D eigenvalue weighted by atomic mass is 16.7. The summed E-state index contributed by atoms with van der Waals surface area (Å²) in [5.41, 5.74) is 4.55. The largest absolute Gasteiger partial charge is 0.377 e. The molecule has 0 amide bonds. The lowest BCUT2D eigenvalue weighted by atomic mass is 10.2. The maximum Gasteiger partial charge on any atom is 0.184 e. The average Bonchev–Trinajstić information content (AvgIpc) is 3.11. The molecule has 0 aliphatic carbocycles. The molecule has 246 valence electrons. The van der Waals surface area contributed by atoms with Gasteiger partial charge in [0.15, 0.2) is 6.29 Å². The molecule has 7 heteroatoms. The first-order valence-electron chi connectivity index (χ1n) is 16.6. The van der Waals surface area contributed by atoms with Gasteiger partial charge in [-0.3, -0.25) is 0 Å². The van der Waals surface area contributed by atoms with Crippen molar-refractivity contribution in [3.63, 3.8) is 0 Å². The molecule has 0 radical (unpaired) electrons. The Hall–Kier alpha value is -3.40. The quantitative estimate of drug-likeness (QED) is 0.0608. The van der Waals surface area contributed by atoms with Crippen LogP contribution in [0.1, 0.15) is 35.1 Å². The molecule has 3 N–H and O–H groups in total. The van der Waals surface area contributed by atoms with Gasteiger partial charge in [0.1, 0.15) is 6.10 Å². The summed E-state index contributed by atoms with van der Waals surface area (Å²) in [6.07, 6.45) is 1.01. The van der Waals surface area contributed by atoms with E-state index in [2.05, 4.69) is 64.5 Å². The third-order valence-corrected chi connectivity index (χ3v) is 7.44. The molecule has 0 bridgehead atoms. The minimum absolute atomic E-state index is 0.242. The van der Waals surface area contributed by atoms with Crippen LogP contribution in [-0.2, 0) is 45.4 Å². The van der Waals surface area contributed by atoms with E-state index in [4.69, 9.17) is 18.9 Å². The van der Waals surface area contributed by atoms with Gasteiger partial charge in [0, 0.05) is 32.8 Å². The summed E-state index contributed by atoms with van der Waals surface area (Å²) in [6.45, 7) is 8.25. The fourth-order valence-corrected chi connectivity index (χ4v) is 4.88. The van der Waals surface area contributed by atoms with Gasteiger partial charge in [0.05, 0.1) is 26.4 Å². The Morgan fingerprint density at radius 2 is 0.804 bits per heavy atom. The summed E-state index contributed by atoms with van der Waals surface area (Å²) in [5.74, 6) is 0. The maximum absolute atomic E-state index is 6.47. The van der Waals surface area contributed by atoms with E-state index in [1.54, 1.807) is 0 Å². The zero-order valence-corrected chi connectivity index (χ0v) is 27.0. The highest BCUT2D eigenvalue weighted by Crippen LogP contribution is 2.17. The fraction of sp³-hybridized carbons (Fsp3) is 0.385. The lowest BCUT2D eigenvalue weighted by Crippen LogP contribution is -2.38. The molecule has 0 aromatic heterocycles. The predicted molar refractivity (Wildman–Crippen MR) is 185 cm³/mol. The first kappa shape index (κ1) is 35.5. The van der Waals surface area contributed by atoms with Crippen molar-refractivity contribution >= 4 is 0 Å². The van der Waals surface area contributed by atoms with E-state index in [1.165, 1.54) is 5.56 Å². The van der Waals surface area contributed by atoms with Crippen LogP contribution < -0.4 is 16.0 Å². The zero-order chi connectivity index (χ0) is 31.7.